The van der Waals surface area contributed by atoms with E-state index in [1.807, 2.05) is 26.8 Å². The quantitative estimate of drug-likeness (QED) is 0.673. The molecule has 2 heterocycles. The van der Waals surface area contributed by atoms with Crippen LogP contribution < -0.4 is 4.74 Å². The number of rotatable bonds is 3. The minimum atomic E-state index is -1.07. The van der Waals surface area contributed by atoms with E-state index in [0.29, 0.717) is 15.6 Å². The molecule has 3 atom stereocenters. The molecule has 3 unspecified atom stereocenters. The molecule has 0 radical (unpaired) electrons. The van der Waals surface area contributed by atoms with Crippen molar-refractivity contribution in [1.29, 1.82) is 5.26 Å². The molecule has 0 spiro atoms. The van der Waals surface area contributed by atoms with Crippen molar-refractivity contribution in [3.8, 4) is 11.9 Å². The predicted molar refractivity (Wildman–Crippen MR) is 116 cm³/mol. The molecule has 7 nitrogen and oxygen atoms in total. The minimum Gasteiger partial charge on any atom is -0.469 e. The van der Waals surface area contributed by atoms with Gasteiger partial charge in [0.1, 0.15) is 24.0 Å². The van der Waals surface area contributed by atoms with E-state index in [9.17, 15) is 9.90 Å². The van der Waals surface area contributed by atoms with Crippen LogP contribution in [0.2, 0.25) is 10.0 Å². The molecular weight excluding hydrogens is 441 g/mol. The van der Waals surface area contributed by atoms with Crippen molar-refractivity contribution in [2.75, 3.05) is 13.1 Å². The fourth-order valence-corrected chi connectivity index (χ4v) is 3.62. The fourth-order valence-electron chi connectivity index (χ4n) is 3.31. The molecule has 1 saturated heterocycles. The van der Waals surface area contributed by atoms with Crippen LogP contribution in [0.4, 0.5) is 4.79 Å². The van der Waals surface area contributed by atoms with Crippen molar-refractivity contribution >= 4 is 29.3 Å². The number of nitriles is 1. The van der Waals surface area contributed by atoms with Crippen LogP contribution in [0.3, 0.4) is 0 Å². The Bertz CT molecular complexity index is 1000. The lowest BCUT2D eigenvalue weighted by Crippen LogP contribution is -2.43. The standard InChI is InChI=1S/C22H23Cl2N3O4/c1-22(2,3)18-12-27(21(28)29)11-17(30-19-6-4-5-14(10-25)26-19)20(31-18)13-7-8-15(23)16(24)9-13/h4-9,17-18,20H,11-12H2,1-3H3,(H,28,29). The van der Waals surface area contributed by atoms with Crippen LogP contribution in [0, 0.1) is 16.7 Å². The maximum atomic E-state index is 11.9. The molecule has 1 aromatic carbocycles. The largest absolute Gasteiger partial charge is 0.469 e. The number of carbonyl (C=O) groups is 1. The van der Waals surface area contributed by atoms with E-state index >= 15 is 0 Å². The van der Waals surface area contributed by atoms with Gasteiger partial charge in [0.25, 0.3) is 0 Å². The second-order valence-electron chi connectivity index (χ2n) is 8.40. The summed E-state index contributed by atoms with van der Waals surface area (Å²) >= 11 is 12.3. The third kappa shape index (κ3) is 5.59. The Balaban J connectivity index is 2.05. The van der Waals surface area contributed by atoms with Crippen molar-refractivity contribution < 1.29 is 19.4 Å². The molecule has 0 saturated carbocycles. The predicted octanol–water partition coefficient (Wildman–Crippen LogP) is 5.17. The molecule has 3 rings (SSSR count). The number of benzene rings is 1. The first-order valence-electron chi connectivity index (χ1n) is 9.70. The van der Waals surface area contributed by atoms with E-state index in [-0.39, 0.29) is 30.1 Å². The van der Waals surface area contributed by atoms with Gasteiger partial charge in [0.15, 0.2) is 0 Å². The zero-order chi connectivity index (χ0) is 22.8. The topological polar surface area (TPSA) is 95.7 Å². The van der Waals surface area contributed by atoms with Gasteiger partial charge in [0.2, 0.25) is 5.88 Å². The van der Waals surface area contributed by atoms with Crippen molar-refractivity contribution in [3.05, 3.63) is 57.7 Å². The van der Waals surface area contributed by atoms with Gasteiger partial charge in [-0.25, -0.2) is 9.78 Å². The Morgan fingerprint density at radius 3 is 2.61 bits per heavy atom. The molecule has 31 heavy (non-hydrogen) atoms. The van der Waals surface area contributed by atoms with Crippen molar-refractivity contribution in [1.82, 2.24) is 9.88 Å². The molecule has 0 aliphatic carbocycles. The molecule has 2 aromatic rings. The van der Waals surface area contributed by atoms with E-state index in [1.165, 1.54) is 4.90 Å². The zero-order valence-electron chi connectivity index (χ0n) is 17.4. The lowest BCUT2D eigenvalue weighted by molar-refractivity contribution is -0.0911. The molecule has 1 N–H and O–H groups in total. The number of hydrogen-bond donors (Lipinski definition) is 1. The average Bonchev–Trinajstić information content (AvgIpc) is 2.90. The Kier molecular flexibility index (Phi) is 6.95. The molecule has 1 amide bonds. The number of amides is 1. The highest BCUT2D eigenvalue weighted by Gasteiger charge is 2.41. The van der Waals surface area contributed by atoms with Gasteiger partial charge < -0.3 is 19.5 Å². The molecule has 1 aromatic heterocycles. The Labute approximate surface area is 191 Å². The van der Waals surface area contributed by atoms with E-state index < -0.39 is 24.4 Å². The minimum absolute atomic E-state index is 0.0469. The van der Waals surface area contributed by atoms with Gasteiger partial charge in [-0.2, -0.15) is 5.26 Å². The number of hydrogen-bond acceptors (Lipinski definition) is 5. The lowest BCUT2D eigenvalue weighted by Gasteiger charge is -2.34. The van der Waals surface area contributed by atoms with Crippen LogP contribution in [0.1, 0.15) is 38.1 Å². The average molecular weight is 464 g/mol. The summed E-state index contributed by atoms with van der Waals surface area (Å²) in [6.07, 6.45) is -2.85. The van der Waals surface area contributed by atoms with Crippen molar-refractivity contribution in [2.45, 2.75) is 39.1 Å². The van der Waals surface area contributed by atoms with Gasteiger partial charge >= 0.3 is 6.09 Å². The van der Waals surface area contributed by atoms with Crippen LogP contribution in [0.25, 0.3) is 0 Å². The molecule has 9 heteroatoms. The number of nitrogens with zero attached hydrogens (tertiary/aromatic N) is 3. The number of carboxylic acid groups (broad SMARTS) is 1. The van der Waals surface area contributed by atoms with Gasteiger partial charge in [-0.1, -0.05) is 56.1 Å². The first-order chi connectivity index (χ1) is 14.6. The Morgan fingerprint density at radius 1 is 1.26 bits per heavy atom. The summed E-state index contributed by atoms with van der Waals surface area (Å²) in [5.74, 6) is 0.206. The third-order valence-electron chi connectivity index (χ3n) is 5.05. The summed E-state index contributed by atoms with van der Waals surface area (Å²) in [6.45, 7) is 6.20. The van der Waals surface area contributed by atoms with Crippen LogP contribution in [0.5, 0.6) is 5.88 Å². The molecule has 0 bridgehead atoms. The van der Waals surface area contributed by atoms with Crippen LogP contribution in [0.15, 0.2) is 36.4 Å². The molecule has 1 fully saturated rings. The van der Waals surface area contributed by atoms with Crippen LogP contribution in [-0.2, 0) is 4.74 Å². The number of ether oxygens (including phenoxy) is 2. The van der Waals surface area contributed by atoms with Crippen molar-refractivity contribution in [2.24, 2.45) is 5.41 Å². The number of pyridine rings is 1. The summed E-state index contributed by atoms with van der Waals surface area (Å²) in [4.78, 5) is 17.4. The normalized spacial score (nSPS) is 21.8. The molecule has 1 aliphatic rings. The second-order valence-corrected chi connectivity index (χ2v) is 9.22. The lowest BCUT2D eigenvalue weighted by atomic mass is 9.88. The highest BCUT2D eigenvalue weighted by Crippen LogP contribution is 2.37. The highest BCUT2D eigenvalue weighted by atomic mass is 35.5. The summed E-state index contributed by atoms with van der Waals surface area (Å²) in [6, 6.07) is 11.9. The smallest absolute Gasteiger partial charge is 0.407 e. The van der Waals surface area contributed by atoms with E-state index in [4.69, 9.17) is 37.9 Å². The molecule has 164 valence electrons. The van der Waals surface area contributed by atoms with Gasteiger partial charge in [0, 0.05) is 6.07 Å². The Morgan fingerprint density at radius 2 is 2.00 bits per heavy atom. The monoisotopic (exact) mass is 463 g/mol. The Hall–Kier alpha value is -2.53. The highest BCUT2D eigenvalue weighted by molar-refractivity contribution is 6.42. The number of aromatic nitrogens is 1. The van der Waals surface area contributed by atoms with Crippen LogP contribution in [-0.4, -0.2) is 46.4 Å². The first kappa shape index (κ1) is 23.1. The van der Waals surface area contributed by atoms with E-state index in [1.54, 1.807) is 36.4 Å². The van der Waals surface area contributed by atoms with Crippen LogP contribution >= 0.6 is 23.2 Å². The maximum absolute atomic E-state index is 11.9. The van der Waals surface area contributed by atoms with Gasteiger partial charge in [-0.15, -0.1) is 0 Å². The SMILES string of the molecule is CC(C)(C)C1CN(C(=O)O)CC(Oc2cccc(C#N)n2)C(c2ccc(Cl)c(Cl)c2)O1. The van der Waals surface area contributed by atoms with Crippen molar-refractivity contribution in [3.63, 3.8) is 0 Å². The third-order valence-corrected chi connectivity index (χ3v) is 5.79. The molecule has 1 aliphatic heterocycles. The fraction of sp³-hybridized carbons (Fsp3) is 0.409. The molecular formula is C22H23Cl2N3O4. The van der Waals surface area contributed by atoms with Gasteiger partial charge in [-0.05, 0) is 29.2 Å². The number of halogens is 2. The first-order valence-corrected chi connectivity index (χ1v) is 10.5. The second kappa shape index (κ2) is 9.31. The summed E-state index contributed by atoms with van der Waals surface area (Å²) in [5.41, 5.74) is 0.564. The summed E-state index contributed by atoms with van der Waals surface area (Å²) < 4.78 is 12.5. The summed E-state index contributed by atoms with van der Waals surface area (Å²) in [5, 5.41) is 19.7. The van der Waals surface area contributed by atoms with E-state index in [0.717, 1.165) is 0 Å². The van der Waals surface area contributed by atoms with Gasteiger partial charge in [0.05, 0.1) is 29.2 Å². The maximum Gasteiger partial charge on any atom is 0.407 e. The van der Waals surface area contributed by atoms with Gasteiger partial charge in [-0.3, -0.25) is 0 Å². The summed E-state index contributed by atoms with van der Waals surface area (Å²) in [7, 11) is 0. The zero-order valence-corrected chi connectivity index (χ0v) is 18.9. The van der Waals surface area contributed by atoms with E-state index in [2.05, 4.69) is 4.98 Å².